The predicted molar refractivity (Wildman–Crippen MR) is 125 cm³/mol. The van der Waals surface area contributed by atoms with Crippen LogP contribution in [-0.4, -0.2) is 13.0 Å². The van der Waals surface area contributed by atoms with E-state index in [1.165, 1.54) is 16.0 Å². The number of nitrogens with one attached hydrogen (secondary N) is 1. The summed E-state index contributed by atoms with van der Waals surface area (Å²) in [6, 6.07) is 22.5. The van der Waals surface area contributed by atoms with Gasteiger partial charge in [0.1, 0.15) is 5.75 Å². The Balaban J connectivity index is 1.61. The first-order valence-corrected chi connectivity index (χ1v) is 11.2. The zero-order valence-electron chi connectivity index (χ0n) is 18.1. The molecule has 3 rings (SSSR count). The van der Waals surface area contributed by atoms with Crippen molar-refractivity contribution in [2.45, 2.75) is 43.9 Å². The summed E-state index contributed by atoms with van der Waals surface area (Å²) < 4.78 is 5.34. The number of rotatable bonds is 8. The summed E-state index contributed by atoms with van der Waals surface area (Å²) in [7, 11) is 1.67. The van der Waals surface area contributed by atoms with Crippen molar-refractivity contribution < 1.29 is 9.53 Å². The van der Waals surface area contributed by atoms with Crippen molar-refractivity contribution in [2.75, 3.05) is 7.11 Å². The maximum atomic E-state index is 12.8. The van der Waals surface area contributed by atoms with Crippen LogP contribution in [0.2, 0.25) is 0 Å². The molecule has 0 aromatic heterocycles. The van der Waals surface area contributed by atoms with E-state index in [0.29, 0.717) is 5.56 Å². The van der Waals surface area contributed by atoms with Crippen molar-refractivity contribution in [2.24, 2.45) is 0 Å². The summed E-state index contributed by atoms with van der Waals surface area (Å²) in [4.78, 5) is 14.0. The van der Waals surface area contributed by atoms with Crippen molar-refractivity contribution in [3.8, 4) is 5.75 Å². The molecule has 0 aliphatic rings. The second kappa shape index (κ2) is 10.4. The van der Waals surface area contributed by atoms with Crippen molar-refractivity contribution in [1.29, 1.82) is 0 Å². The molecule has 4 heteroatoms. The molecular formula is C26H29NO2S. The van der Waals surface area contributed by atoms with E-state index in [1.54, 1.807) is 18.9 Å². The summed E-state index contributed by atoms with van der Waals surface area (Å²) in [5, 5.41) is 3.16. The van der Waals surface area contributed by atoms with Gasteiger partial charge in [-0.2, -0.15) is 0 Å². The number of ether oxygens (including phenoxy) is 1. The molecule has 0 aliphatic heterocycles. The highest BCUT2D eigenvalue weighted by Gasteiger charge is 2.15. The highest BCUT2D eigenvalue weighted by Crippen LogP contribution is 2.25. The van der Waals surface area contributed by atoms with Crippen LogP contribution in [0.1, 0.15) is 52.0 Å². The van der Waals surface area contributed by atoms with Crippen LogP contribution in [-0.2, 0) is 5.75 Å². The van der Waals surface area contributed by atoms with Gasteiger partial charge in [0.15, 0.2) is 0 Å². The van der Waals surface area contributed by atoms with Crippen molar-refractivity contribution >= 4 is 17.7 Å². The number of hydrogen-bond donors (Lipinski definition) is 1. The molecule has 0 spiro atoms. The van der Waals surface area contributed by atoms with E-state index in [9.17, 15) is 4.79 Å². The van der Waals surface area contributed by atoms with Crippen LogP contribution in [0.5, 0.6) is 5.75 Å². The molecule has 0 saturated heterocycles. The molecule has 0 heterocycles. The Labute approximate surface area is 183 Å². The van der Waals surface area contributed by atoms with Crippen molar-refractivity contribution in [1.82, 2.24) is 5.32 Å². The minimum absolute atomic E-state index is 0.0288. The van der Waals surface area contributed by atoms with Crippen LogP contribution in [0, 0.1) is 13.8 Å². The third-order valence-electron chi connectivity index (χ3n) is 5.18. The van der Waals surface area contributed by atoms with E-state index in [-0.39, 0.29) is 11.9 Å². The minimum atomic E-state index is -0.0481. The Morgan fingerprint density at radius 3 is 2.30 bits per heavy atom. The predicted octanol–water partition coefficient (Wildman–Crippen LogP) is 6.49. The summed E-state index contributed by atoms with van der Waals surface area (Å²) in [6.07, 6.45) is 0.822. The molecular weight excluding hydrogens is 390 g/mol. The van der Waals surface area contributed by atoms with E-state index in [1.807, 2.05) is 43.3 Å². The maximum Gasteiger partial charge on any atom is 0.251 e. The molecule has 1 atom stereocenters. The van der Waals surface area contributed by atoms with Gasteiger partial charge in [-0.25, -0.2) is 0 Å². The van der Waals surface area contributed by atoms with Gasteiger partial charge in [-0.15, -0.1) is 11.8 Å². The van der Waals surface area contributed by atoms with E-state index in [2.05, 4.69) is 49.5 Å². The normalized spacial score (nSPS) is 11.7. The van der Waals surface area contributed by atoms with Gasteiger partial charge >= 0.3 is 0 Å². The number of hydrogen-bond acceptors (Lipinski definition) is 3. The summed E-state index contributed by atoms with van der Waals surface area (Å²) in [5.74, 6) is 1.69. The third kappa shape index (κ3) is 5.67. The largest absolute Gasteiger partial charge is 0.496 e. The molecule has 0 aliphatic carbocycles. The highest BCUT2D eigenvalue weighted by atomic mass is 32.2. The standard InChI is InChI=1S/C26H29NO2S/c1-5-24(22-12-15-25(29-4)19(3)16-22)27-26(28)21-10-8-20(9-11-21)17-30-23-13-6-18(2)7-14-23/h6-16,24H,5,17H2,1-4H3,(H,27,28)/t24-/m0/s1. The van der Waals surface area contributed by atoms with Crippen LogP contribution >= 0.6 is 11.8 Å². The average molecular weight is 420 g/mol. The molecule has 0 bridgehead atoms. The maximum absolute atomic E-state index is 12.8. The van der Waals surface area contributed by atoms with Crippen molar-refractivity contribution in [3.05, 3.63) is 94.5 Å². The first-order valence-electron chi connectivity index (χ1n) is 10.2. The molecule has 30 heavy (non-hydrogen) atoms. The fraction of sp³-hybridized carbons (Fsp3) is 0.269. The van der Waals surface area contributed by atoms with Gasteiger partial charge in [0.25, 0.3) is 5.91 Å². The summed E-state index contributed by atoms with van der Waals surface area (Å²) >= 11 is 1.80. The molecule has 156 valence electrons. The Morgan fingerprint density at radius 1 is 1.00 bits per heavy atom. The molecule has 0 unspecified atom stereocenters. The molecule has 0 radical (unpaired) electrons. The Morgan fingerprint density at radius 2 is 1.70 bits per heavy atom. The second-order valence-corrected chi connectivity index (χ2v) is 8.51. The van der Waals surface area contributed by atoms with Crippen LogP contribution in [0.4, 0.5) is 0 Å². The molecule has 3 nitrogen and oxygen atoms in total. The van der Waals surface area contributed by atoms with Crippen LogP contribution in [0.15, 0.2) is 71.6 Å². The monoisotopic (exact) mass is 419 g/mol. The number of carbonyl (C=O) groups is 1. The van der Waals surface area contributed by atoms with Gasteiger partial charge < -0.3 is 10.1 Å². The zero-order valence-corrected chi connectivity index (χ0v) is 18.9. The number of aryl methyl sites for hydroxylation is 2. The number of benzene rings is 3. The molecule has 1 amide bonds. The van der Waals surface area contributed by atoms with Gasteiger partial charge in [-0.3, -0.25) is 4.79 Å². The van der Waals surface area contributed by atoms with Gasteiger partial charge in [-0.05, 0) is 67.3 Å². The topological polar surface area (TPSA) is 38.3 Å². The van der Waals surface area contributed by atoms with Gasteiger partial charge in [0.05, 0.1) is 13.2 Å². The highest BCUT2D eigenvalue weighted by molar-refractivity contribution is 7.98. The molecule has 0 saturated carbocycles. The van der Waals surface area contributed by atoms with E-state index in [4.69, 9.17) is 4.74 Å². The van der Waals surface area contributed by atoms with Gasteiger partial charge in [0, 0.05) is 16.2 Å². The average Bonchev–Trinajstić information content (AvgIpc) is 2.77. The van der Waals surface area contributed by atoms with Gasteiger partial charge in [0.2, 0.25) is 0 Å². The first-order chi connectivity index (χ1) is 14.5. The van der Waals surface area contributed by atoms with Crippen LogP contribution in [0.3, 0.4) is 0 Å². The fourth-order valence-electron chi connectivity index (χ4n) is 3.33. The number of thioether (sulfide) groups is 1. The molecule has 0 fully saturated rings. The van der Waals surface area contributed by atoms with E-state index < -0.39 is 0 Å². The first kappa shape index (κ1) is 22.0. The van der Waals surface area contributed by atoms with Crippen molar-refractivity contribution in [3.63, 3.8) is 0 Å². The second-order valence-electron chi connectivity index (χ2n) is 7.46. The fourth-order valence-corrected chi connectivity index (χ4v) is 4.19. The zero-order chi connectivity index (χ0) is 21.5. The lowest BCUT2D eigenvalue weighted by atomic mass is 10.0. The summed E-state index contributed by atoms with van der Waals surface area (Å²) in [5.41, 5.74) is 5.32. The molecule has 1 N–H and O–H groups in total. The lowest BCUT2D eigenvalue weighted by Crippen LogP contribution is -2.28. The Hall–Kier alpha value is -2.72. The van der Waals surface area contributed by atoms with E-state index in [0.717, 1.165) is 29.1 Å². The number of carbonyl (C=O) groups excluding carboxylic acids is 1. The summed E-state index contributed by atoms with van der Waals surface area (Å²) in [6.45, 7) is 6.19. The van der Waals surface area contributed by atoms with Crippen LogP contribution < -0.4 is 10.1 Å². The smallest absolute Gasteiger partial charge is 0.251 e. The third-order valence-corrected chi connectivity index (χ3v) is 6.26. The Bertz CT molecular complexity index is 981. The molecule has 3 aromatic rings. The van der Waals surface area contributed by atoms with Crippen LogP contribution in [0.25, 0.3) is 0 Å². The number of methoxy groups -OCH3 is 1. The Kier molecular flexibility index (Phi) is 7.58. The lowest BCUT2D eigenvalue weighted by molar-refractivity contribution is 0.0935. The van der Waals surface area contributed by atoms with E-state index >= 15 is 0 Å². The quantitative estimate of drug-likeness (QED) is 0.424. The molecule has 3 aromatic carbocycles. The van der Waals surface area contributed by atoms with Gasteiger partial charge in [-0.1, -0.05) is 48.9 Å². The lowest BCUT2D eigenvalue weighted by Gasteiger charge is -2.19. The minimum Gasteiger partial charge on any atom is -0.496 e. The number of amides is 1. The SMILES string of the molecule is CC[C@H](NC(=O)c1ccc(CSc2ccc(C)cc2)cc1)c1ccc(OC)c(C)c1.